The Hall–Kier alpha value is -3.97. The minimum absolute atomic E-state index is 0.106. The summed E-state index contributed by atoms with van der Waals surface area (Å²) in [6.07, 6.45) is 2.82. The number of hydrogen-bond donors (Lipinski definition) is 8. The Morgan fingerprint density at radius 2 is 1.68 bits per heavy atom. The average molecular weight is 519 g/mol. The molecule has 0 aliphatic carbocycles. The van der Waals surface area contributed by atoms with Crippen molar-refractivity contribution in [3.05, 3.63) is 36.0 Å². The molecule has 0 radical (unpaired) electrons. The summed E-state index contributed by atoms with van der Waals surface area (Å²) < 4.78 is 0. The van der Waals surface area contributed by atoms with E-state index in [0.717, 1.165) is 16.5 Å². The molecule has 0 spiro atoms. The molecule has 0 unspecified atom stereocenters. The summed E-state index contributed by atoms with van der Waals surface area (Å²) >= 11 is 0. The van der Waals surface area contributed by atoms with Gasteiger partial charge in [0.25, 0.3) is 0 Å². The van der Waals surface area contributed by atoms with Gasteiger partial charge < -0.3 is 42.6 Å². The van der Waals surface area contributed by atoms with Gasteiger partial charge >= 0.3 is 11.9 Å². The highest BCUT2D eigenvalue weighted by atomic mass is 16.4. The molecule has 37 heavy (non-hydrogen) atoms. The van der Waals surface area contributed by atoms with E-state index in [1.165, 1.54) is 0 Å². The highest BCUT2D eigenvalue weighted by molar-refractivity contribution is 5.93. The molecule has 0 saturated carbocycles. The van der Waals surface area contributed by atoms with E-state index in [4.69, 9.17) is 16.6 Å². The fourth-order valence-electron chi connectivity index (χ4n) is 3.71. The fraction of sp³-hybridized carbons (Fsp3) is 0.458. The third-order valence-electron chi connectivity index (χ3n) is 5.74. The fourth-order valence-corrected chi connectivity index (χ4v) is 3.71. The standard InChI is InChI=1S/C24H34N6O7/c25-10-4-3-6-16(26)22(34)30-19(11-14-12-27-17-7-2-1-5-15(14)17)23(35)28-13-20(31)29-18(24(36)37)8-9-21(32)33/h1-2,5,7,12,16,18-19,27H,3-4,6,8-11,13,25-26H2,(H,28,35)(H,29,31)(H,30,34)(H,32,33)(H,36,37)/t16-,18-,19-/m0/s1. The highest BCUT2D eigenvalue weighted by Crippen LogP contribution is 2.19. The number of nitrogens with two attached hydrogens (primary N) is 2. The molecule has 0 fully saturated rings. The van der Waals surface area contributed by atoms with Gasteiger partial charge in [0.15, 0.2) is 0 Å². The van der Waals surface area contributed by atoms with Crippen molar-refractivity contribution in [2.45, 2.75) is 56.7 Å². The Balaban J connectivity index is 2.07. The van der Waals surface area contributed by atoms with E-state index in [0.29, 0.717) is 25.8 Å². The molecular formula is C24H34N6O7. The van der Waals surface area contributed by atoms with Crippen LogP contribution in [-0.2, 0) is 30.4 Å². The van der Waals surface area contributed by atoms with E-state index >= 15 is 0 Å². The maximum Gasteiger partial charge on any atom is 0.326 e. The number of amides is 3. The average Bonchev–Trinajstić information content (AvgIpc) is 3.27. The van der Waals surface area contributed by atoms with Gasteiger partial charge in [-0.1, -0.05) is 24.6 Å². The van der Waals surface area contributed by atoms with Gasteiger partial charge in [0, 0.05) is 29.9 Å². The molecule has 0 aliphatic rings. The van der Waals surface area contributed by atoms with Gasteiger partial charge in [-0.15, -0.1) is 0 Å². The van der Waals surface area contributed by atoms with Crippen LogP contribution in [0.25, 0.3) is 10.9 Å². The van der Waals surface area contributed by atoms with Crippen LogP contribution < -0.4 is 27.4 Å². The predicted octanol–water partition coefficient (Wildman–Crippen LogP) is -0.798. The van der Waals surface area contributed by atoms with Crippen molar-refractivity contribution < 1.29 is 34.2 Å². The Morgan fingerprint density at radius 3 is 2.35 bits per heavy atom. The number of aliphatic carboxylic acids is 2. The van der Waals surface area contributed by atoms with Crippen LogP contribution in [0.4, 0.5) is 0 Å². The van der Waals surface area contributed by atoms with Gasteiger partial charge in [0.2, 0.25) is 17.7 Å². The number of aromatic nitrogens is 1. The molecule has 1 aromatic heterocycles. The van der Waals surface area contributed by atoms with Crippen LogP contribution in [0.1, 0.15) is 37.7 Å². The monoisotopic (exact) mass is 518 g/mol. The number of hydrogen-bond acceptors (Lipinski definition) is 7. The normalized spacial score (nSPS) is 13.4. The molecule has 10 N–H and O–H groups in total. The van der Waals surface area contributed by atoms with Crippen molar-refractivity contribution in [1.29, 1.82) is 0 Å². The number of fused-ring (bicyclic) bond motifs is 1. The maximum atomic E-state index is 13.0. The van der Waals surface area contributed by atoms with Crippen LogP contribution in [0.15, 0.2) is 30.5 Å². The van der Waals surface area contributed by atoms with E-state index in [2.05, 4.69) is 20.9 Å². The predicted molar refractivity (Wildman–Crippen MR) is 134 cm³/mol. The summed E-state index contributed by atoms with van der Waals surface area (Å²) in [6.45, 7) is -0.0977. The van der Waals surface area contributed by atoms with Crippen molar-refractivity contribution in [3.63, 3.8) is 0 Å². The minimum Gasteiger partial charge on any atom is -0.481 e. The lowest BCUT2D eigenvalue weighted by Crippen LogP contribution is -2.54. The minimum atomic E-state index is -1.42. The van der Waals surface area contributed by atoms with Gasteiger partial charge in [0.05, 0.1) is 12.6 Å². The first-order valence-corrected chi connectivity index (χ1v) is 11.9. The molecule has 1 aromatic carbocycles. The molecule has 0 saturated heterocycles. The second-order valence-electron chi connectivity index (χ2n) is 8.62. The zero-order chi connectivity index (χ0) is 27.4. The third-order valence-corrected chi connectivity index (χ3v) is 5.74. The molecule has 1 heterocycles. The van der Waals surface area contributed by atoms with E-state index in [9.17, 15) is 29.1 Å². The number of carboxylic acids is 2. The van der Waals surface area contributed by atoms with E-state index in [-0.39, 0.29) is 12.8 Å². The van der Waals surface area contributed by atoms with E-state index in [1.54, 1.807) is 6.20 Å². The highest BCUT2D eigenvalue weighted by Gasteiger charge is 2.26. The Morgan fingerprint density at radius 1 is 0.946 bits per heavy atom. The van der Waals surface area contributed by atoms with Gasteiger partial charge in [0.1, 0.15) is 12.1 Å². The topological polar surface area (TPSA) is 230 Å². The Kier molecular flexibility index (Phi) is 11.5. The zero-order valence-corrected chi connectivity index (χ0v) is 20.4. The molecule has 202 valence electrons. The first-order valence-electron chi connectivity index (χ1n) is 11.9. The molecule has 3 atom stereocenters. The number of benzene rings is 1. The number of nitrogens with one attached hydrogen (secondary N) is 4. The van der Waals surface area contributed by atoms with E-state index < -0.39 is 60.8 Å². The molecular weight excluding hydrogens is 484 g/mol. The van der Waals surface area contributed by atoms with Crippen molar-refractivity contribution in [1.82, 2.24) is 20.9 Å². The first kappa shape index (κ1) is 29.3. The summed E-state index contributed by atoms with van der Waals surface area (Å²) in [7, 11) is 0. The number of aromatic amines is 1. The first-order chi connectivity index (χ1) is 17.6. The number of H-pyrrole nitrogens is 1. The van der Waals surface area contributed by atoms with Crippen molar-refractivity contribution in [3.8, 4) is 0 Å². The third kappa shape index (κ3) is 9.54. The summed E-state index contributed by atoms with van der Waals surface area (Å²) in [6, 6.07) is 4.10. The summed E-state index contributed by atoms with van der Waals surface area (Å²) in [5.41, 5.74) is 13.1. The number of carboxylic acid groups (broad SMARTS) is 2. The second kappa shape index (κ2) is 14.6. The molecule has 13 nitrogen and oxygen atoms in total. The molecule has 3 amide bonds. The van der Waals surface area contributed by atoms with Crippen molar-refractivity contribution in [2.24, 2.45) is 11.5 Å². The Bertz CT molecular complexity index is 1100. The smallest absolute Gasteiger partial charge is 0.326 e. The van der Waals surface area contributed by atoms with Crippen LogP contribution in [0.2, 0.25) is 0 Å². The quantitative estimate of drug-likeness (QED) is 0.130. The molecule has 0 bridgehead atoms. The lowest BCUT2D eigenvalue weighted by molar-refractivity contribution is -0.143. The number of carbonyl (C=O) groups is 5. The number of para-hydroxylation sites is 1. The van der Waals surface area contributed by atoms with Gasteiger partial charge in [-0.25, -0.2) is 4.79 Å². The maximum absolute atomic E-state index is 13.0. The van der Waals surface area contributed by atoms with Gasteiger partial charge in [-0.2, -0.15) is 0 Å². The van der Waals surface area contributed by atoms with Crippen LogP contribution in [0.5, 0.6) is 0 Å². The van der Waals surface area contributed by atoms with Crippen LogP contribution in [0, 0.1) is 0 Å². The molecule has 13 heteroatoms. The van der Waals surface area contributed by atoms with Crippen LogP contribution in [0.3, 0.4) is 0 Å². The molecule has 2 aromatic rings. The van der Waals surface area contributed by atoms with Gasteiger partial charge in [-0.3, -0.25) is 19.2 Å². The lowest BCUT2D eigenvalue weighted by Gasteiger charge is -2.21. The van der Waals surface area contributed by atoms with Crippen molar-refractivity contribution in [2.75, 3.05) is 13.1 Å². The lowest BCUT2D eigenvalue weighted by atomic mass is 10.0. The molecule has 0 aliphatic heterocycles. The number of carbonyl (C=O) groups excluding carboxylic acids is 3. The largest absolute Gasteiger partial charge is 0.481 e. The van der Waals surface area contributed by atoms with E-state index in [1.807, 2.05) is 24.3 Å². The van der Waals surface area contributed by atoms with Crippen LogP contribution in [-0.4, -0.2) is 76.1 Å². The molecule has 2 rings (SSSR count). The summed E-state index contributed by atoms with van der Waals surface area (Å²) in [5, 5.41) is 26.0. The second-order valence-corrected chi connectivity index (χ2v) is 8.62. The van der Waals surface area contributed by atoms with Crippen LogP contribution >= 0.6 is 0 Å². The van der Waals surface area contributed by atoms with Gasteiger partial charge in [-0.05, 0) is 37.4 Å². The Labute approximate surface area is 213 Å². The zero-order valence-electron chi connectivity index (χ0n) is 20.4. The summed E-state index contributed by atoms with van der Waals surface area (Å²) in [4.78, 5) is 63.0. The SMILES string of the molecule is NCCCC[C@H](N)C(=O)N[C@@H](Cc1c[nH]c2ccccc12)C(=O)NCC(=O)N[C@@H](CCC(=O)O)C(=O)O. The van der Waals surface area contributed by atoms with Crippen molar-refractivity contribution >= 4 is 40.6 Å². The number of unbranched alkanes of at least 4 members (excludes halogenated alkanes) is 1. The summed E-state index contributed by atoms with van der Waals surface area (Å²) in [5.74, 6) is -4.61. The number of rotatable bonds is 16.